The molecule has 156 valence electrons. The van der Waals surface area contributed by atoms with Gasteiger partial charge in [0.1, 0.15) is 0 Å². The van der Waals surface area contributed by atoms with Gasteiger partial charge in [-0.2, -0.15) is 0 Å². The van der Waals surface area contributed by atoms with Crippen LogP contribution in [0.25, 0.3) is 10.2 Å². The van der Waals surface area contributed by atoms with E-state index in [2.05, 4.69) is 45.0 Å². The quantitative estimate of drug-likeness (QED) is 0.436. The molecule has 0 aliphatic rings. The van der Waals surface area contributed by atoms with E-state index in [1.807, 2.05) is 35.4 Å². The van der Waals surface area contributed by atoms with Gasteiger partial charge in [-0.25, -0.2) is 4.98 Å². The minimum Gasteiger partial charge on any atom is -0.309 e. The van der Waals surface area contributed by atoms with Crippen LogP contribution in [-0.2, 0) is 0 Å². The van der Waals surface area contributed by atoms with Crippen LogP contribution in [-0.4, -0.2) is 49.2 Å². The highest BCUT2D eigenvalue weighted by Gasteiger charge is 2.21. The van der Waals surface area contributed by atoms with Crippen LogP contribution in [0.4, 0.5) is 5.13 Å². The van der Waals surface area contributed by atoms with Gasteiger partial charge in [-0.3, -0.25) is 9.69 Å². The van der Waals surface area contributed by atoms with Crippen molar-refractivity contribution in [2.24, 2.45) is 0 Å². The van der Waals surface area contributed by atoms with Gasteiger partial charge in [0.15, 0.2) is 5.13 Å². The highest BCUT2D eigenvalue weighted by Crippen LogP contribution is 2.33. The van der Waals surface area contributed by atoms with E-state index in [1.54, 1.807) is 23.1 Å². The number of benzene rings is 2. The first-order chi connectivity index (χ1) is 13.4. The fraction of sp³-hybridized carbons (Fsp3) is 0.364. The third-order valence-electron chi connectivity index (χ3n) is 4.61. The lowest BCUT2D eigenvalue weighted by atomic mass is 10.1. The fourth-order valence-corrected chi connectivity index (χ4v) is 4.65. The lowest BCUT2D eigenvalue weighted by Gasteiger charge is -2.21. The van der Waals surface area contributed by atoms with E-state index in [0.717, 1.165) is 33.2 Å². The maximum absolute atomic E-state index is 13.3. The van der Waals surface area contributed by atoms with Gasteiger partial charge in [0.2, 0.25) is 0 Å². The van der Waals surface area contributed by atoms with Crippen molar-refractivity contribution in [3.8, 4) is 0 Å². The normalized spacial score (nSPS) is 11.0. The zero-order chi connectivity index (χ0) is 20.3. The average molecular weight is 450 g/mol. The first-order valence-corrected chi connectivity index (χ1v) is 11.4. The van der Waals surface area contributed by atoms with E-state index in [-0.39, 0.29) is 18.3 Å². The van der Waals surface area contributed by atoms with Crippen molar-refractivity contribution >= 4 is 56.8 Å². The molecule has 0 aliphatic carbocycles. The molecule has 4 nitrogen and oxygen atoms in total. The SMILES string of the molecule is CSc1ccc(C(=O)N(CCCN(C)C)c2nc3cc(C)cc(C)c3s2)cc1.Cl. The largest absolute Gasteiger partial charge is 0.309 e. The molecule has 1 amide bonds. The Labute approximate surface area is 187 Å². The number of aromatic nitrogens is 1. The smallest absolute Gasteiger partial charge is 0.260 e. The summed E-state index contributed by atoms with van der Waals surface area (Å²) < 4.78 is 1.16. The number of hydrogen-bond acceptors (Lipinski definition) is 5. The Morgan fingerprint density at radius 3 is 2.41 bits per heavy atom. The Bertz CT molecular complexity index is 970. The lowest BCUT2D eigenvalue weighted by molar-refractivity contribution is 0.0986. The Kier molecular flexibility index (Phi) is 8.52. The molecule has 1 heterocycles. The summed E-state index contributed by atoms with van der Waals surface area (Å²) in [5, 5.41) is 0.779. The van der Waals surface area contributed by atoms with Crippen molar-refractivity contribution in [2.75, 3.05) is 38.3 Å². The Balaban J connectivity index is 0.00000300. The topological polar surface area (TPSA) is 36.4 Å². The van der Waals surface area contributed by atoms with Crippen molar-refractivity contribution in [3.05, 3.63) is 53.1 Å². The highest BCUT2D eigenvalue weighted by molar-refractivity contribution is 7.98. The third-order valence-corrected chi connectivity index (χ3v) is 6.58. The Morgan fingerprint density at radius 1 is 1.10 bits per heavy atom. The molecule has 0 fully saturated rings. The highest BCUT2D eigenvalue weighted by atomic mass is 35.5. The van der Waals surface area contributed by atoms with Crippen LogP contribution in [0.5, 0.6) is 0 Å². The summed E-state index contributed by atoms with van der Waals surface area (Å²) in [5.74, 6) is 0.0137. The van der Waals surface area contributed by atoms with Crippen LogP contribution in [0.3, 0.4) is 0 Å². The van der Waals surface area contributed by atoms with Gasteiger partial charge in [-0.15, -0.1) is 24.2 Å². The predicted octanol–water partition coefficient (Wildman–Crippen LogP) is 5.66. The van der Waals surface area contributed by atoms with Crippen LogP contribution in [0.1, 0.15) is 27.9 Å². The molecule has 0 saturated heterocycles. The van der Waals surface area contributed by atoms with Gasteiger partial charge < -0.3 is 4.90 Å². The number of fused-ring (bicyclic) bond motifs is 1. The Morgan fingerprint density at radius 2 is 1.79 bits per heavy atom. The number of anilines is 1. The van der Waals surface area contributed by atoms with E-state index in [9.17, 15) is 4.79 Å². The van der Waals surface area contributed by atoms with Crippen LogP contribution in [0.2, 0.25) is 0 Å². The molecule has 0 bridgehead atoms. The molecule has 3 aromatic rings. The molecule has 29 heavy (non-hydrogen) atoms. The minimum absolute atomic E-state index is 0. The Hall–Kier alpha value is -1.60. The van der Waals surface area contributed by atoms with Crippen molar-refractivity contribution in [3.63, 3.8) is 0 Å². The lowest BCUT2D eigenvalue weighted by Crippen LogP contribution is -2.33. The number of amides is 1. The number of nitrogens with zero attached hydrogens (tertiary/aromatic N) is 3. The number of carbonyl (C=O) groups excluding carboxylic acids is 1. The summed E-state index contributed by atoms with van der Waals surface area (Å²) in [6, 6.07) is 12.1. The summed E-state index contributed by atoms with van der Waals surface area (Å²) in [7, 11) is 4.11. The zero-order valence-corrected chi connectivity index (χ0v) is 20.0. The minimum atomic E-state index is 0. The predicted molar refractivity (Wildman–Crippen MR) is 129 cm³/mol. The molecule has 0 radical (unpaired) electrons. The van der Waals surface area contributed by atoms with Gasteiger partial charge in [0, 0.05) is 17.0 Å². The van der Waals surface area contributed by atoms with Crippen molar-refractivity contribution < 1.29 is 4.79 Å². The summed E-state index contributed by atoms with van der Waals surface area (Å²) in [5.41, 5.74) is 4.08. The number of halogens is 1. The molecule has 0 spiro atoms. The van der Waals surface area contributed by atoms with Gasteiger partial charge in [-0.05, 0) is 88.6 Å². The molecule has 1 aromatic heterocycles. The molecule has 2 aromatic carbocycles. The van der Waals surface area contributed by atoms with Crippen LogP contribution in [0.15, 0.2) is 41.3 Å². The molecule has 0 aliphatic heterocycles. The second kappa shape index (κ2) is 10.4. The van der Waals surface area contributed by atoms with Crippen molar-refractivity contribution in [1.29, 1.82) is 0 Å². The summed E-state index contributed by atoms with van der Waals surface area (Å²) in [6.07, 6.45) is 2.94. The molecule has 7 heteroatoms. The maximum atomic E-state index is 13.3. The fourth-order valence-electron chi connectivity index (χ4n) is 3.20. The van der Waals surface area contributed by atoms with E-state index in [4.69, 9.17) is 4.98 Å². The zero-order valence-electron chi connectivity index (χ0n) is 17.6. The van der Waals surface area contributed by atoms with E-state index in [0.29, 0.717) is 12.1 Å². The number of hydrogen-bond donors (Lipinski definition) is 0. The monoisotopic (exact) mass is 449 g/mol. The second-order valence-corrected chi connectivity index (χ2v) is 9.13. The van der Waals surface area contributed by atoms with E-state index >= 15 is 0 Å². The average Bonchev–Trinajstić information content (AvgIpc) is 3.08. The van der Waals surface area contributed by atoms with Crippen LogP contribution in [0, 0.1) is 13.8 Å². The second-order valence-electron chi connectivity index (χ2n) is 7.27. The first-order valence-electron chi connectivity index (χ1n) is 9.37. The van der Waals surface area contributed by atoms with Crippen LogP contribution >= 0.6 is 35.5 Å². The number of thiazole rings is 1. The molecule has 0 N–H and O–H groups in total. The van der Waals surface area contributed by atoms with Crippen molar-refractivity contribution in [2.45, 2.75) is 25.2 Å². The standard InChI is InChI=1S/C22H27N3OS2.ClH/c1-15-13-16(2)20-19(14-15)23-22(28-20)25(12-6-11-24(3)4)21(26)17-7-9-18(27-5)10-8-17;/h7-10,13-14H,6,11-12H2,1-5H3;1H. The van der Waals surface area contributed by atoms with Gasteiger partial charge in [0.05, 0.1) is 10.2 Å². The van der Waals surface area contributed by atoms with E-state index < -0.39 is 0 Å². The summed E-state index contributed by atoms with van der Waals surface area (Å²) in [6.45, 7) is 5.77. The number of thioether (sulfide) groups is 1. The molecule has 0 saturated carbocycles. The number of carbonyl (C=O) groups is 1. The first kappa shape index (κ1) is 23.7. The van der Waals surface area contributed by atoms with E-state index in [1.165, 1.54) is 11.1 Å². The molecule has 0 unspecified atom stereocenters. The van der Waals surface area contributed by atoms with Crippen molar-refractivity contribution in [1.82, 2.24) is 9.88 Å². The maximum Gasteiger partial charge on any atom is 0.260 e. The summed E-state index contributed by atoms with van der Waals surface area (Å²) >= 11 is 3.28. The molecule has 0 atom stereocenters. The number of aryl methyl sites for hydroxylation is 2. The third kappa shape index (κ3) is 5.72. The van der Waals surface area contributed by atoms with Crippen LogP contribution < -0.4 is 4.90 Å². The molecule has 3 rings (SSSR count). The molecular weight excluding hydrogens is 422 g/mol. The molecular formula is C22H28ClN3OS2. The van der Waals surface area contributed by atoms with Gasteiger partial charge in [0.25, 0.3) is 5.91 Å². The number of rotatable bonds is 7. The van der Waals surface area contributed by atoms with Gasteiger partial charge in [-0.1, -0.05) is 17.4 Å². The van der Waals surface area contributed by atoms with Gasteiger partial charge >= 0.3 is 0 Å². The summed E-state index contributed by atoms with van der Waals surface area (Å²) in [4.78, 5) is 23.3.